The van der Waals surface area contributed by atoms with Crippen LogP contribution in [0.2, 0.25) is 0 Å². The highest BCUT2D eigenvalue weighted by molar-refractivity contribution is 5.90. The summed E-state index contributed by atoms with van der Waals surface area (Å²) in [5, 5.41) is 12.9. The van der Waals surface area contributed by atoms with Gasteiger partial charge in [-0.3, -0.25) is 5.10 Å². The minimum atomic E-state index is 0.785. The molecule has 20 heavy (non-hydrogen) atoms. The van der Waals surface area contributed by atoms with Crippen LogP contribution in [0.4, 0.5) is 5.69 Å². The third kappa shape index (κ3) is 1.82. The lowest BCUT2D eigenvalue weighted by Gasteiger charge is -2.07. The van der Waals surface area contributed by atoms with Crippen molar-refractivity contribution in [2.24, 2.45) is 0 Å². The molecule has 4 nitrogen and oxygen atoms in total. The zero-order chi connectivity index (χ0) is 13.4. The Morgan fingerprint density at radius 2 is 2.05 bits per heavy atom. The van der Waals surface area contributed by atoms with Crippen molar-refractivity contribution in [3.63, 3.8) is 0 Å². The quantitative estimate of drug-likeness (QED) is 0.528. The summed E-state index contributed by atoms with van der Waals surface area (Å²) in [6, 6.07) is 14.7. The van der Waals surface area contributed by atoms with Gasteiger partial charge in [-0.15, -0.1) is 0 Å². The van der Waals surface area contributed by atoms with Gasteiger partial charge < -0.3 is 10.3 Å². The number of aromatic nitrogens is 3. The van der Waals surface area contributed by atoms with E-state index in [1.807, 2.05) is 18.5 Å². The van der Waals surface area contributed by atoms with Crippen LogP contribution in [-0.2, 0) is 6.54 Å². The molecule has 98 valence electrons. The maximum atomic E-state index is 4.08. The van der Waals surface area contributed by atoms with Crippen molar-refractivity contribution in [2.75, 3.05) is 5.32 Å². The van der Waals surface area contributed by atoms with Crippen LogP contribution in [-0.4, -0.2) is 15.2 Å². The lowest BCUT2D eigenvalue weighted by Crippen LogP contribution is -1.99. The van der Waals surface area contributed by atoms with Gasteiger partial charge in [0.2, 0.25) is 0 Å². The fourth-order valence-corrected chi connectivity index (χ4v) is 2.52. The first-order chi connectivity index (χ1) is 9.90. The maximum Gasteiger partial charge on any atom is 0.0881 e. The molecule has 0 unspecified atom stereocenters. The molecule has 0 atom stereocenters. The fourth-order valence-electron chi connectivity index (χ4n) is 2.52. The van der Waals surface area contributed by atoms with Crippen LogP contribution in [0.15, 0.2) is 54.9 Å². The Bertz CT molecular complexity index is 872. The molecule has 0 saturated heterocycles. The first-order valence-electron chi connectivity index (χ1n) is 6.62. The molecule has 3 N–H and O–H groups in total. The maximum absolute atomic E-state index is 4.08. The number of fused-ring (bicyclic) bond motifs is 2. The zero-order valence-corrected chi connectivity index (χ0v) is 10.9. The van der Waals surface area contributed by atoms with Gasteiger partial charge in [0.15, 0.2) is 0 Å². The fraction of sp³-hybridized carbons (Fsp3) is 0.0625. The van der Waals surface area contributed by atoms with Gasteiger partial charge >= 0.3 is 0 Å². The second kappa shape index (κ2) is 4.42. The van der Waals surface area contributed by atoms with Crippen molar-refractivity contribution in [1.29, 1.82) is 0 Å². The number of anilines is 1. The van der Waals surface area contributed by atoms with Gasteiger partial charge in [0.05, 0.1) is 17.4 Å². The average molecular weight is 262 g/mol. The summed E-state index contributed by atoms with van der Waals surface area (Å²) in [5.74, 6) is 0. The Morgan fingerprint density at radius 1 is 1.05 bits per heavy atom. The van der Waals surface area contributed by atoms with E-state index in [4.69, 9.17) is 0 Å². The normalized spacial score (nSPS) is 11.2. The second-order valence-corrected chi connectivity index (χ2v) is 4.89. The Labute approximate surface area is 115 Å². The number of aromatic amines is 2. The smallest absolute Gasteiger partial charge is 0.0881 e. The average Bonchev–Trinajstić information content (AvgIpc) is 3.13. The van der Waals surface area contributed by atoms with E-state index in [9.17, 15) is 0 Å². The van der Waals surface area contributed by atoms with Crippen LogP contribution in [0, 0.1) is 0 Å². The van der Waals surface area contributed by atoms with Crippen molar-refractivity contribution in [3.05, 3.63) is 60.4 Å². The largest absolute Gasteiger partial charge is 0.379 e. The lowest BCUT2D eigenvalue weighted by molar-refractivity contribution is 1.11. The van der Waals surface area contributed by atoms with E-state index in [1.165, 1.54) is 16.5 Å². The number of rotatable bonds is 3. The van der Waals surface area contributed by atoms with Gasteiger partial charge in [-0.2, -0.15) is 5.10 Å². The summed E-state index contributed by atoms with van der Waals surface area (Å²) in [7, 11) is 0. The summed E-state index contributed by atoms with van der Waals surface area (Å²) in [6.07, 6.45) is 3.80. The summed E-state index contributed by atoms with van der Waals surface area (Å²) in [6.45, 7) is 0.785. The third-order valence-electron chi connectivity index (χ3n) is 3.58. The standard InChI is InChI=1S/C16H14N4/c1-2-13-10-19-20-16(13)14(3-1)18-9-11-4-5-12-6-7-17-15(12)8-11/h1-8,10,17-18H,9H2,(H,19,20). The highest BCUT2D eigenvalue weighted by Gasteiger charge is 2.02. The van der Waals surface area contributed by atoms with E-state index in [1.54, 1.807) is 0 Å². The minimum Gasteiger partial charge on any atom is -0.379 e. The Kier molecular flexibility index (Phi) is 2.45. The minimum absolute atomic E-state index is 0.785. The molecule has 0 aliphatic carbocycles. The molecule has 2 aromatic heterocycles. The van der Waals surface area contributed by atoms with Gasteiger partial charge in [0.25, 0.3) is 0 Å². The van der Waals surface area contributed by atoms with Crippen LogP contribution >= 0.6 is 0 Å². The van der Waals surface area contributed by atoms with Gasteiger partial charge in [-0.05, 0) is 29.1 Å². The summed E-state index contributed by atoms with van der Waals surface area (Å²) in [5.41, 5.74) is 4.54. The number of hydrogen-bond donors (Lipinski definition) is 3. The topological polar surface area (TPSA) is 56.5 Å². The number of benzene rings is 2. The number of H-pyrrole nitrogens is 2. The zero-order valence-electron chi connectivity index (χ0n) is 10.9. The predicted octanol–water partition coefficient (Wildman–Crippen LogP) is 3.66. The second-order valence-electron chi connectivity index (χ2n) is 4.89. The van der Waals surface area contributed by atoms with E-state index in [-0.39, 0.29) is 0 Å². The molecule has 4 rings (SSSR count). The molecule has 0 radical (unpaired) electrons. The van der Waals surface area contributed by atoms with Gasteiger partial charge in [-0.25, -0.2) is 0 Å². The molecule has 0 aliphatic rings. The molecule has 0 aliphatic heterocycles. The predicted molar refractivity (Wildman–Crippen MR) is 81.7 cm³/mol. The highest BCUT2D eigenvalue weighted by atomic mass is 15.1. The van der Waals surface area contributed by atoms with Crippen LogP contribution in [0.3, 0.4) is 0 Å². The van der Waals surface area contributed by atoms with Crippen LogP contribution in [0.25, 0.3) is 21.8 Å². The summed E-state index contributed by atoms with van der Waals surface area (Å²) in [4.78, 5) is 3.24. The molecule has 2 aromatic carbocycles. The first-order valence-corrected chi connectivity index (χ1v) is 6.62. The summed E-state index contributed by atoms with van der Waals surface area (Å²) >= 11 is 0. The van der Waals surface area contributed by atoms with Crippen molar-refractivity contribution >= 4 is 27.5 Å². The molecular formula is C16H14N4. The first kappa shape index (κ1) is 11.1. The lowest BCUT2D eigenvalue weighted by atomic mass is 10.1. The van der Waals surface area contributed by atoms with Crippen LogP contribution in [0.5, 0.6) is 0 Å². The Morgan fingerprint density at radius 3 is 3.05 bits per heavy atom. The van der Waals surface area contributed by atoms with Gasteiger partial charge in [-0.1, -0.05) is 24.3 Å². The van der Waals surface area contributed by atoms with Crippen molar-refractivity contribution in [3.8, 4) is 0 Å². The number of nitrogens with one attached hydrogen (secondary N) is 3. The molecule has 4 aromatic rings. The van der Waals surface area contributed by atoms with E-state index in [2.05, 4.69) is 56.9 Å². The van der Waals surface area contributed by atoms with Crippen molar-refractivity contribution in [1.82, 2.24) is 15.2 Å². The highest BCUT2D eigenvalue weighted by Crippen LogP contribution is 2.21. The summed E-state index contributed by atoms with van der Waals surface area (Å²) < 4.78 is 0. The Balaban J connectivity index is 1.61. The van der Waals surface area contributed by atoms with Crippen molar-refractivity contribution in [2.45, 2.75) is 6.54 Å². The Hall–Kier alpha value is -2.75. The van der Waals surface area contributed by atoms with E-state index >= 15 is 0 Å². The van der Waals surface area contributed by atoms with Gasteiger partial charge in [0, 0.05) is 23.6 Å². The molecule has 0 bridgehead atoms. The van der Waals surface area contributed by atoms with E-state index in [0.29, 0.717) is 0 Å². The van der Waals surface area contributed by atoms with E-state index < -0.39 is 0 Å². The monoisotopic (exact) mass is 262 g/mol. The van der Waals surface area contributed by atoms with E-state index in [0.717, 1.165) is 23.1 Å². The van der Waals surface area contributed by atoms with Crippen LogP contribution in [0.1, 0.15) is 5.56 Å². The molecule has 0 spiro atoms. The third-order valence-corrected chi connectivity index (χ3v) is 3.58. The number of nitrogens with zero attached hydrogens (tertiary/aromatic N) is 1. The molecular weight excluding hydrogens is 248 g/mol. The molecule has 0 amide bonds. The molecule has 0 saturated carbocycles. The SMILES string of the molecule is c1cc(NCc2ccc3cc[nH]c3c2)c2[nH]ncc2c1. The van der Waals surface area contributed by atoms with Gasteiger partial charge in [0.1, 0.15) is 0 Å². The molecule has 0 fully saturated rings. The number of para-hydroxylation sites is 1. The molecule has 2 heterocycles. The number of hydrogen-bond acceptors (Lipinski definition) is 2. The van der Waals surface area contributed by atoms with Crippen LogP contribution < -0.4 is 5.32 Å². The molecule has 4 heteroatoms. The van der Waals surface area contributed by atoms with Crippen molar-refractivity contribution < 1.29 is 0 Å².